The molecule has 6 nitrogen and oxygen atoms in total. The number of carbonyl (C=O) groups excluding carboxylic acids is 2. The van der Waals surface area contributed by atoms with Crippen molar-refractivity contribution in [1.29, 1.82) is 0 Å². The van der Waals surface area contributed by atoms with Crippen molar-refractivity contribution in [3.8, 4) is 5.75 Å². The minimum absolute atomic E-state index is 0.105. The molecule has 0 radical (unpaired) electrons. The molecule has 4 rings (SSSR count). The van der Waals surface area contributed by atoms with Gasteiger partial charge in [0.15, 0.2) is 0 Å². The second kappa shape index (κ2) is 10.8. The van der Waals surface area contributed by atoms with Gasteiger partial charge < -0.3 is 20.1 Å². The van der Waals surface area contributed by atoms with E-state index in [9.17, 15) is 14.7 Å². The molecule has 170 valence electrons. The van der Waals surface area contributed by atoms with E-state index in [1.807, 2.05) is 60.7 Å². The molecule has 1 aliphatic heterocycles. The normalized spacial score (nSPS) is 16.3. The molecule has 1 saturated heterocycles. The Labute approximate surface area is 193 Å². The van der Waals surface area contributed by atoms with Crippen LogP contribution in [0.2, 0.25) is 0 Å². The molecule has 0 bridgehead atoms. The topological polar surface area (TPSA) is 78.9 Å². The highest BCUT2D eigenvalue weighted by Crippen LogP contribution is 2.26. The zero-order chi connectivity index (χ0) is 23.0. The maximum absolute atomic E-state index is 13.4. The minimum Gasteiger partial charge on any atom is -0.491 e. The summed E-state index contributed by atoms with van der Waals surface area (Å²) in [6.45, 7) is 0.659. The molecular formula is C27H28N2O4. The molecule has 0 aliphatic carbocycles. The summed E-state index contributed by atoms with van der Waals surface area (Å²) in [6, 6.07) is 25.4. The maximum atomic E-state index is 13.4. The quantitative estimate of drug-likeness (QED) is 0.552. The van der Waals surface area contributed by atoms with Crippen LogP contribution in [-0.4, -0.2) is 47.1 Å². The average molecular weight is 445 g/mol. The van der Waals surface area contributed by atoms with Crippen molar-refractivity contribution < 1.29 is 19.4 Å². The maximum Gasteiger partial charge on any atom is 0.256 e. The number of hydrogen-bond donors (Lipinski definition) is 2. The second-order valence-electron chi connectivity index (χ2n) is 8.16. The molecule has 0 aromatic heterocycles. The standard InChI is InChI=1S/C27H28N2O4/c30-25(19-33-21-12-5-2-6-13-21)24-16-9-17-29(24)27(32)22-14-7-8-15-23(22)28-26(31)18-20-10-3-1-4-11-20/h1-8,10-15,24-25,30H,9,16-19H2,(H,28,31)/t24-,25?/m0/s1. The lowest BCUT2D eigenvalue weighted by Crippen LogP contribution is -2.45. The molecule has 2 amide bonds. The molecule has 1 unspecified atom stereocenters. The third-order valence-corrected chi connectivity index (χ3v) is 5.81. The number of amides is 2. The molecule has 33 heavy (non-hydrogen) atoms. The summed E-state index contributed by atoms with van der Waals surface area (Å²) in [7, 11) is 0. The van der Waals surface area contributed by atoms with Gasteiger partial charge in [0.25, 0.3) is 5.91 Å². The number of likely N-dealkylation sites (tertiary alicyclic amines) is 1. The van der Waals surface area contributed by atoms with E-state index in [2.05, 4.69) is 5.32 Å². The van der Waals surface area contributed by atoms with Gasteiger partial charge in [-0.15, -0.1) is 0 Å². The molecule has 1 fully saturated rings. The zero-order valence-electron chi connectivity index (χ0n) is 18.4. The van der Waals surface area contributed by atoms with Gasteiger partial charge in [0.1, 0.15) is 18.5 Å². The lowest BCUT2D eigenvalue weighted by molar-refractivity contribution is -0.115. The monoisotopic (exact) mass is 444 g/mol. The van der Waals surface area contributed by atoms with Crippen molar-refractivity contribution in [2.75, 3.05) is 18.5 Å². The number of anilines is 1. The van der Waals surface area contributed by atoms with Crippen LogP contribution in [0.3, 0.4) is 0 Å². The van der Waals surface area contributed by atoms with E-state index in [1.165, 1.54) is 0 Å². The fourth-order valence-electron chi connectivity index (χ4n) is 4.16. The first-order valence-corrected chi connectivity index (χ1v) is 11.2. The van der Waals surface area contributed by atoms with Crippen LogP contribution in [0.25, 0.3) is 0 Å². The highest BCUT2D eigenvalue weighted by atomic mass is 16.5. The van der Waals surface area contributed by atoms with E-state index in [0.29, 0.717) is 30.0 Å². The molecule has 1 aliphatic rings. The zero-order valence-corrected chi connectivity index (χ0v) is 18.4. The fourth-order valence-corrected chi connectivity index (χ4v) is 4.16. The molecule has 2 N–H and O–H groups in total. The van der Waals surface area contributed by atoms with E-state index < -0.39 is 6.10 Å². The Kier molecular flexibility index (Phi) is 7.37. The number of nitrogens with one attached hydrogen (secondary N) is 1. The van der Waals surface area contributed by atoms with Gasteiger partial charge in [-0.05, 0) is 42.7 Å². The van der Waals surface area contributed by atoms with Crippen molar-refractivity contribution >= 4 is 17.5 Å². The number of para-hydroxylation sites is 2. The lowest BCUT2D eigenvalue weighted by atomic mass is 10.1. The van der Waals surface area contributed by atoms with Crippen LogP contribution < -0.4 is 10.1 Å². The van der Waals surface area contributed by atoms with Crippen LogP contribution in [0.1, 0.15) is 28.8 Å². The number of hydrogen-bond acceptors (Lipinski definition) is 4. The third kappa shape index (κ3) is 5.79. The Morgan fingerprint density at radius 2 is 1.64 bits per heavy atom. The fraction of sp³-hybridized carbons (Fsp3) is 0.259. The number of benzene rings is 3. The van der Waals surface area contributed by atoms with Gasteiger partial charge in [-0.25, -0.2) is 0 Å². The van der Waals surface area contributed by atoms with Crippen LogP contribution in [-0.2, 0) is 11.2 Å². The number of rotatable bonds is 8. The summed E-state index contributed by atoms with van der Waals surface area (Å²) in [4.78, 5) is 27.7. The molecule has 0 spiro atoms. The van der Waals surface area contributed by atoms with Crippen molar-refractivity contribution in [1.82, 2.24) is 4.90 Å². The number of nitrogens with zero attached hydrogens (tertiary/aromatic N) is 1. The average Bonchev–Trinajstić information content (AvgIpc) is 3.34. The molecule has 0 saturated carbocycles. The summed E-state index contributed by atoms with van der Waals surface area (Å²) in [6.07, 6.45) is 0.927. The van der Waals surface area contributed by atoms with Crippen molar-refractivity contribution in [2.45, 2.75) is 31.4 Å². The van der Waals surface area contributed by atoms with Crippen LogP contribution >= 0.6 is 0 Å². The lowest BCUT2D eigenvalue weighted by Gasteiger charge is -2.29. The molecule has 3 aromatic carbocycles. The van der Waals surface area contributed by atoms with Gasteiger partial charge in [-0.2, -0.15) is 0 Å². The van der Waals surface area contributed by atoms with Crippen molar-refractivity contribution in [2.24, 2.45) is 0 Å². The summed E-state index contributed by atoms with van der Waals surface area (Å²) < 4.78 is 5.70. The molecule has 1 heterocycles. The van der Waals surface area contributed by atoms with Crippen LogP contribution in [0.5, 0.6) is 5.75 Å². The van der Waals surface area contributed by atoms with Gasteiger partial charge in [0, 0.05) is 6.54 Å². The number of aliphatic hydroxyl groups excluding tert-OH is 1. The molecule has 3 aromatic rings. The first-order chi connectivity index (χ1) is 16.1. The number of aliphatic hydroxyl groups is 1. The van der Waals surface area contributed by atoms with Gasteiger partial charge >= 0.3 is 0 Å². The SMILES string of the molecule is O=C(Cc1ccccc1)Nc1ccccc1C(=O)N1CCC[C@H]1C(O)COc1ccccc1. The van der Waals surface area contributed by atoms with Crippen molar-refractivity contribution in [3.63, 3.8) is 0 Å². The highest BCUT2D eigenvalue weighted by molar-refractivity contribution is 6.04. The summed E-state index contributed by atoms with van der Waals surface area (Å²) in [5.74, 6) is 0.293. The van der Waals surface area contributed by atoms with E-state index >= 15 is 0 Å². The number of carbonyl (C=O) groups is 2. The third-order valence-electron chi connectivity index (χ3n) is 5.81. The Morgan fingerprint density at radius 1 is 0.970 bits per heavy atom. The van der Waals surface area contributed by atoms with E-state index in [0.717, 1.165) is 12.0 Å². The van der Waals surface area contributed by atoms with Gasteiger partial charge in [-0.1, -0.05) is 60.7 Å². The van der Waals surface area contributed by atoms with E-state index in [4.69, 9.17) is 4.74 Å². The number of ether oxygens (including phenoxy) is 1. The summed E-state index contributed by atoms with van der Waals surface area (Å²) in [5.41, 5.74) is 1.80. The largest absolute Gasteiger partial charge is 0.491 e. The Hall–Kier alpha value is -3.64. The van der Waals surface area contributed by atoms with Gasteiger partial charge in [-0.3, -0.25) is 9.59 Å². The van der Waals surface area contributed by atoms with Crippen LogP contribution in [0, 0.1) is 0 Å². The predicted octanol–water partition coefficient (Wildman–Crippen LogP) is 3.91. The van der Waals surface area contributed by atoms with Crippen LogP contribution in [0.4, 0.5) is 5.69 Å². The van der Waals surface area contributed by atoms with E-state index in [-0.39, 0.29) is 30.9 Å². The second-order valence-corrected chi connectivity index (χ2v) is 8.16. The first-order valence-electron chi connectivity index (χ1n) is 11.2. The highest BCUT2D eigenvalue weighted by Gasteiger charge is 2.35. The predicted molar refractivity (Wildman–Crippen MR) is 127 cm³/mol. The summed E-state index contributed by atoms with van der Waals surface area (Å²) >= 11 is 0. The molecule has 6 heteroatoms. The Bertz CT molecular complexity index is 1070. The van der Waals surface area contributed by atoms with Gasteiger partial charge in [0.05, 0.1) is 23.7 Å². The van der Waals surface area contributed by atoms with E-state index in [1.54, 1.807) is 29.2 Å². The van der Waals surface area contributed by atoms with Crippen molar-refractivity contribution in [3.05, 3.63) is 96.1 Å². The Balaban J connectivity index is 1.43. The summed E-state index contributed by atoms with van der Waals surface area (Å²) in [5, 5.41) is 13.6. The minimum atomic E-state index is -0.809. The smallest absolute Gasteiger partial charge is 0.256 e. The molecular weight excluding hydrogens is 416 g/mol. The van der Waals surface area contributed by atoms with Crippen LogP contribution in [0.15, 0.2) is 84.9 Å². The molecule has 2 atom stereocenters. The van der Waals surface area contributed by atoms with Gasteiger partial charge in [0.2, 0.25) is 5.91 Å². The first kappa shape index (κ1) is 22.6. The Morgan fingerprint density at radius 3 is 2.39 bits per heavy atom.